The number of aliphatic hydroxyl groups excluding tert-OH is 1. The number of rotatable bonds is 13. The van der Waals surface area contributed by atoms with Crippen molar-refractivity contribution in [1.29, 1.82) is 0 Å². The highest BCUT2D eigenvalue weighted by molar-refractivity contribution is 5.15. The minimum atomic E-state index is -0.889. The van der Waals surface area contributed by atoms with Crippen LogP contribution >= 0.6 is 0 Å². The van der Waals surface area contributed by atoms with Gasteiger partial charge in [0.15, 0.2) is 5.79 Å². The van der Waals surface area contributed by atoms with Crippen LogP contribution < -0.4 is 0 Å². The molecule has 6 atom stereocenters. The molecule has 2 heterocycles. The molecule has 7 heteroatoms. The molecule has 2 aliphatic rings. The van der Waals surface area contributed by atoms with Crippen LogP contribution in [0.25, 0.3) is 0 Å². The van der Waals surface area contributed by atoms with Crippen molar-refractivity contribution in [1.82, 2.24) is 0 Å². The monoisotopic (exact) mass is 562 g/mol. The van der Waals surface area contributed by atoms with E-state index in [0.29, 0.717) is 45.9 Å². The van der Waals surface area contributed by atoms with Crippen molar-refractivity contribution in [3.05, 3.63) is 108 Å². The first-order valence-electron chi connectivity index (χ1n) is 14.5. The maximum Gasteiger partial charge on any atom is 0.163 e. The lowest BCUT2D eigenvalue weighted by Crippen LogP contribution is -2.60. The van der Waals surface area contributed by atoms with Gasteiger partial charge in [0, 0.05) is 0 Å². The van der Waals surface area contributed by atoms with Gasteiger partial charge in [-0.2, -0.15) is 0 Å². The van der Waals surface area contributed by atoms with Crippen LogP contribution in [0.1, 0.15) is 43.4 Å². The van der Waals surface area contributed by atoms with Gasteiger partial charge in [0.1, 0.15) is 24.4 Å². The van der Waals surface area contributed by atoms with E-state index >= 15 is 0 Å². The quantitative estimate of drug-likeness (QED) is 0.298. The average molecular weight is 563 g/mol. The van der Waals surface area contributed by atoms with E-state index in [2.05, 4.69) is 0 Å². The summed E-state index contributed by atoms with van der Waals surface area (Å²) in [6.07, 6.45) is -1.70. The van der Waals surface area contributed by atoms with Crippen molar-refractivity contribution in [3.63, 3.8) is 0 Å². The molecule has 3 aromatic carbocycles. The summed E-state index contributed by atoms with van der Waals surface area (Å²) < 4.78 is 37.4. The summed E-state index contributed by atoms with van der Waals surface area (Å²) in [7, 11) is 0. The Bertz CT molecular complexity index is 1160. The van der Waals surface area contributed by atoms with E-state index in [-0.39, 0.29) is 6.10 Å². The second-order valence-corrected chi connectivity index (χ2v) is 11.3. The number of hydrogen-bond donors (Lipinski definition) is 1. The molecule has 41 heavy (non-hydrogen) atoms. The van der Waals surface area contributed by atoms with Gasteiger partial charge in [-0.15, -0.1) is 0 Å². The minimum Gasteiger partial charge on any atom is -0.388 e. The van der Waals surface area contributed by atoms with Crippen LogP contribution in [0.15, 0.2) is 91.0 Å². The van der Waals surface area contributed by atoms with Crippen molar-refractivity contribution >= 4 is 0 Å². The second kappa shape index (κ2) is 14.5. The van der Waals surface area contributed by atoms with Crippen molar-refractivity contribution < 1.29 is 33.5 Å². The topological polar surface area (TPSA) is 75.6 Å². The fourth-order valence-corrected chi connectivity index (χ4v) is 5.42. The molecule has 2 aliphatic heterocycles. The molecule has 0 saturated carbocycles. The molecule has 220 valence electrons. The Balaban J connectivity index is 1.32. The molecule has 3 aromatic rings. The number of benzene rings is 3. The number of ether oxygens (including phenoxy) is 6. The largest absolute Gasteiger partial charge is 0.388 e. The predicted octanol–water partition coefficient (Wildman–Crippen LogP) is 5.43. The van der Waals surface area contributed by atoms with Gasteiger partial charge in [0.2, 0.25) is 0 Å². The third-order valence-electron chi connectivity index (χ3n) is 7.56. The predicted molar refractivity (Wildman–Crippen MR) is 155 cm³/mol. The second-order valence-electron chi connectivity index (χ2n) is 11.3. The zero-order valence-electron chi connectivity index (χ0n) is 24.0. The van der Waals surface area contributed by atoms with E-state index in [4.69, 9.17) is 28.4 Å². The third-order valence-corrected chi connectivity index (χ3v) is 7.56. The molecule has 1 N–H and O–H groups in total. The molecule has 0 radical (unpaired) electrons. The first kappa shape index (κ1) is 29.9. The maximum atomic E-state index is 11.6. The van der Waals surface area contributed by atoms with Gasteiger partial charge in [0.05, 0.1) is 45.2 Å². The Morgan fingerprint density at radius 2 is 1.24 bits per heavy atom. The lowest BCUT2D eigenvalue weighted by atomic mass is 9.91. The zero-order valence-corrected chi connectivity index (χ0v) is 24.0. The van der Waals surface area contributed by atoms with Crippen molar-refractivity contribution in [2.24, 2.45) is 0 Å². The highest BCUT2D eigenvalue weighted by Gasteiger charge is 2.47. The molecular weight excluding hydrogens is 520 g/mol. The fourth-order valence-electron chi connectivity index (χ4n) is 5.42. The molecule has 0 unspecified atom stereocenters. The van der Waals surface area contributed by atoms with Crippen LogP contribution in [0.3, 0.4) is 0 Å². The van der Waals surface area contributed by atoms with E-state index in [1.807, 2.05) is 105 Å². The Morgan fingerprint density at radius 1 is 0.707 bits per heavy atom. The summed E-state index contributed by atoms with van der Waals surface area (Å²) in [6.45, 7) is 5.84. The third kappa shape index (κ3) is 8.69. The van der Waals surface area contributed by atoms with Gasteiger partial charge in [-0.1, -0.05) is 91.0 Å². The normalized spacial score (nSPS) is 27.6. The minimum absolute atomic E-state index is 0.0516. The molecule has 0 spiro atoms. The van der Waals surface area contributed by atoms with E-state index in [1.54, 1.807) is 0 Å². The molecule has 0 amide bonds. The first-order valence-corrected chi connectivity index (χ1v) is 14.5. The summed E-state index contributed by atoms with van der Waals surface area (Å²) in [5, 5.41) is 11.6. The highest BCUT2D eigenvalue weighted by atomic mass is 16.7. The zero-order chi connectivity index (χ0) is 28.5. The molecule has 0 bridgehead atoms. The van der Waals surface area contributed by atoms with Gasteiger partial charge in [0.25, 0.3) is 0 Å². The van der Waals surface area contributed by atoms with E-state index in [1.165, 1.54) is 0 Å². The lowest BCUT2D eigenvalue weighted by Gasteiger charge is -2.45. The van der Waals surface area contributed by atoms with Gasteiger partial charge >= 0.3 is 0 Å². The van der Waals surface area contributed by atoms with Crippen LogP contribution in [0.4, 0.5) is 0 Å². The van der Waals surface area contributed by atoms with E-state index in [0.717, 1.165) is 16.7 Å². The SMILES string of the molecule is CC1(C)OC[C@@H](CC[C@@H]2O[C@H](COCc3ccccc3)[C@@H](OCc3ccccc3)[C@H](OCc3ccccc3)[C@H]2O)O1. The summed E-state index contributed by atoms with van der Waals surface area (Å²) in [6, 6.07) is 30.0. The molecule has 0 aromatic heterocycles. The molecule has 2 saturated heterocycles. The Labute approximate surface area is 243 Å². The first-order chi connectivity index (χ1) is 20.0. The maximum absolute atomic E-state index is 11.6. The van der Waals surface area contributed by atoms with Crippen LogP contribution in [0.2, 0.25) is 0 Å². The fraction of sp³-hybridized carbons (Fsp3) is 0.471. The highest BCUT2D eigenvalue weighted by Crippen LogP contribution is 2.32. The van der Waals surface area contributed by atoms with E-state index in [9.17, 15) is 5.11 Å². The summed E-state index contributed by atoms with van der Waals surface area (Å²) in [4.78, 5) is 0. The van der Waals surface area contributed by atoms with Crippen molar-refractivity contribution in [2.75, 3.05) is 13.2 Å². The van der Waals surface area contributed by atoms with Gasteiger partial charge in [-0.05, 0) is 43.4 Å². The summed E-state index contributed by atoms with van der Waals surface area (Å²) in [5.74, 6) is -0.595. The van der Waals surface area contributed by atoms with Gasteiger partial charge < -0.3 is 33.5 Å². The Hall–Kier alpha value is -2.62. The van der Waals surface area contributed by atoms with Crippen LogP contribution in [0, 0.1) is 0 Å². The number of aliphatic hydroxyl groups is 1. The molecule has 0 aliphatic carbocycles. The van der Waals surface area contributed by atoms with Gasteiger partial charge in [-0.3, -0.25) is 0 Å². The smallest absolute Gasteiger partial charge is 0.163 e. The summed E-state index contributed by atoms with van der Waals surface area (Å²) in [5.41, 5.74) is 3.15. The molecule has 7 nitrogen and oxygen atoms in total. The molecule has 5 rings (SSSR count). The summed E-state index contributed by atoms with van der Waals surface area (Å²) >= 11 is 0. The Morgan fingerprint density at radius 3 is 1.78 bits per heavy atom. The lowest BCUT2D eigenvalue weighted by molar-refractivity contribution is -0.262. The number of hydrogen-bond acceptors (Lipinski definition) is 7. The van der Waals surface area contributed by atoms with Crippen molar-refractivity contribution in [3.8, 4) is 0 Å². The van der Waals surface area contributed by atoms with Crippen LogP contribution in [0.5, 0.6) is 0 Å². The van der Waals surface area contributed by atoms with Crippen molar-refractivity contribution in [2.45, 2.75) is 88.9 Å². The van der Waals surface area contributed by atoms with Crippen LogP contribution in [-0.2, 0) is 48.2 Å². The van der Waals surface area contributed by atoms with Gasteiger partial charge in [-0.25, -0.2) is 0 Å². The molecule has 2 fully saturated rings. The molecular formula is C34H42O7. The average Bonchev–Trinajstić information content (AvgIpc) is 3.35. The Kier molecular flexibility index (Phi) is 10.6. The van der Waals surface area contributed by atoms with E-state index < -0.39 is 36.3 Å². The standard InChI is InChI=1S/C34H42O7/c1-34(2)39-23-28(41-34)18-19-29-31(35)33(38-22-27-16-10-5-11-17-27)32(37-21-26-14-8-4-9-15-26)30(40-29)24-36-20-25-12-6-3-7-13-25/h3-17,28-33,35H,18-24H2,1-2H3/t28-,29+,30-,31+,32-,33-/m1/s1. The van der Waals surface area contributed by atoms with Crippen LogP contribution in [-0.4, -0.2) is 60.7 Å².